The third kappa shape index (κ3) is 4.32. The fourth-order valence-electron chi connectivity index (χ4n) is 4.83. The zero-order valence-electron chi connectivity index (χ0n) is 21.1. The maximum Gasteiger partial charge on any atom is 0.282 e. The zero-order chi connectivity index (χ0) is 25.8. The van der Waals surface area contributed by atoms with E-state index in [1.54, 1.807) is 29.5 Å². The average Bonchev–Trinajstić information content (AvgIpc) is 3.53. The smallest absolute Gasteiger partial charge is 0.282 e. The molecule has 1 aromatic carbocycles. The van der Waals surface area contributed by atoms with E-state index in [9.17, 15) is 9.18 Å². The molecule has 188 valence electrons. The van der Waals surface area contributed by atoms with Gasteiger partial charge in [-0.2, -0.15) is 0 Å². The molecule has 5 rings (SSSR count). The van der Waals surface area contributed by atoms with Crippen LogP contribution in [0.25, 0.3) is 26.2 Å². The van der Waals surface area contributed by atoms with Crippen molar-refractivity contribution in [3.63, 3.8) is 0 Å². The molecule has 3 aromatic heterocycles. The maximum atomic E-state index is 14.6. The number of thiophene rings is 1. The molecule has 4 aromatic rings. The minimum absolute atomic E-state index is 0.0504. The molecule has 4 heterocycles. The first-order chi connectivity index (χ1) is 17.1. The summed E-state index contributed by atoms with van der Waals surface area (Å²) < 4.78 is 23.2. The number of rotatable bonds is 4. The summed E-state index contributed by atoms with van der Waals surface area (Å²) in [5.74, 6) is 0.681. The van der Waals surface area contributed by atoms with Crippen LogP contribution in [0, 0.1) is 12.3 Å². The van der Waals surface area contributed by atoms with Crippen LogP contribution in [-0.4, -0.2) is 45.4 Å². The molecular formula is C27H30FN5O2S. The lowest BCUT2D eigenvalue weighted by atomic mass is 9.96. The summed E-state index contributed by atoms with van der Waals surface area (Å²) in [7, 11) is 1.67. The van der Waals surface area contributed by atoms with Gasteiger partial charge in [-0.3, -0.25) is 9.20 Å². The topological polar surface area (TPSA) is 85.8 Å². The Morgan fingerprint density at radius 1 is 1.31 bits per heavy atom. The molecule has 0 aliphatic carbocycles. The lowest BCUT2D eigenvalue weighted by molar-refractivity contribution is -0.127. The van der Waals surface area contributed by atoms with Gasteiger partial charge in [0.2, 0.25) is 0 Å². The highest BCUT2D eigenvalue weighted by Crippen LogP contribution is 2.42. The third-order valence-electron chi connectivity index (χ3n) is 6.39. The molecule has 1 fully saturated rings. The Hall–Kier alpha value is -3.46. The number of benzene rings is 1. The normalized spacial score (nSPS) is 16.9. The van der Waals surface area contributed by atoms with E-state index in [0.717, 1.165) is 43.3 Å². The van der Waals surface area contributed by atoms with Crippen LogP contribution in [0.3, 0.4) is 0 Å². The second-order valence-corrected chi connectivity index (χ2v) is 11.5. The number of hydrogen-bond donors (Lipinski definition) is 1. The molecule has 1 saturated heterocycles. The van der Waals surface area contributed by atoms with Crippen LogP contribution in [0.15, 0.2) is 42.5 Å². The fourth-order valence-corrected chi connectivity index (χ4v) is 5.95. The van der Waals surface area contributed by atoms with Gasteiger partial charge in [0.25, 0.3) is 5.91 Å². The van der Waals surface area contributed by atoms with Crippen molar-refractivity contribution in [3.8, 4) is 16.3 Å². The van der Waals surface area contributed by atoms with E-state index in [2.05, 4.69) is 17.1 Å². The number of methoxy groups -OCH3 is 1. The predicted molar refractivity (Wildman–Crippen MR) is 142 cm³/mol. The van der Waals surface area contributed by atoms with Crippen LogP contribution in [0.5, 0.6) is 5.75 Å². The van der Waals surface area contributed by atoms with Gasteiger partial charge in [-0.15, -0.1) is 11.3 Å². The zero-order valence-corrected chi connectivity index (χ0v) is 21.9. The van der Waals surface area contributed by atoms with Gasteiger partial charge >= 0.3 is 0 Å². The molecule has 1 aliphatic heterocycles. The summed E-state index contributed by atoms with van der Waals surface area (Å²) in [6.07, 6.45) is 5.57. The Balaban J connectivity index is 1.55. The molecule has 1 amide bonds. The number of imidazole rings is 1. The summed E-state index contributed by atoms with van der Waals surface area (Å²) in [5.41, 5.74) is 8.53. The molecule has 0 radical (unpaired) electrons. The molecule has 7 nitrogen and oxygen atoms in total. The Morgan fingerprint density at radius 3 is 2.81 bits per heavy atom. The van der Waals surface area contributed by atoms with Crippen LogP contribution in [-0.2, 0) is 4.79 Å². The molecule has 36 heavy (non-hydrogen) atoms. The van der Waals surface area contributed by atoms with Crippen molar-refractivity contribution in [2.24, 2.45) is 5.41 Å². The number of fused-ring (bicyclic) bond motifs is 2. The number of aryl methyl sites for hydroxylation is 1. The van der Waals surface area contributed by atoms with E-state index in [4.69, 9.17) is 15.5 Å². The molecule has 1 unspecified atom stereocenters. The molecule has 0 bridgehead atoms. The van der Waals surface area contributed by atoms with Crippen molar-refractivity contribution in [1.29, 1.82) is 0 Å². The summed E-state index contributed by atoms with van der Waals surface area (Å²) >= 11 is 1.60. The van der Waals surface area contributed by atoms with Crippen molar-refractivity contribution in [2.75, 3.05) is 25.9 Å². The van der Waals surface area contributed by atoms with E-state index in [0.29, 0.717) is 25.3 Å². The Bertz CT molecular complexity index is 1510. The Labute approximate surface area is 213 Å². The number of ether oxygens (including phenoxy) is 1. The first kappa shape index (κ1) is 24.2. The van der Waals surface area contributed by atoms with Gasteiger partial charge in [-0.05, 0) is 47.9 Å². The number of nitrogen functional groups attached to an aromatic ring is 1. The minimum Gasteiger partial charge on any atom is -0.495 e. The number of amides is 1. The lowest BCUT2D eigenvalue weighted by Crippen LogP contribution is -2.29. The first-order valence-corrected chi connectivity index (χ1v) is 12.8. The van der Waals surface area contributed by atoms with Crippen molar-refractivity contribution in [1.82, 2.24) is 19.3 Å². The molecule has 9 heteroatoms. The molecule has 1 aliphatic rings. The Kier molecular flexibility index (Phi) is 5.98. The van der Waals surface area contributed by atoms with Crippen LogP contribution in [0.4, 0.5) is 10.2 Å². The van der Waals surface area contributed by atoms with Crippen molar-refractivity contribution < 1.29 is 13.9 Å². The molecule has 1 atom stereocenters. The van der Waals surface area contributed by atoms with E-state index < -0.39 is 17.1 Å². The first-order valence-electron chi connectivity index (χ1n) is 11.9. The van der Waals surface area contributed by atoms with E-state index >= 15 is 0 Å². The van der Waals surface area contributed by atoms with Gasteiger partial charge < -0.3 is 15.4 Å². The number of nitrogens with zero attached hydrogens (tertiary/aromatic N) is 4. The summed E-state index contributed by atoms with van der Waals surface area (Å²) in [5, 5.41) is 1.08. The van der Waals surface area contributed by atoms with Gasteiger partial charge in [-0.1, -0.05) is 26.8 Å². The number of allylic oxidation sites excluding steroid dienone is 1. The van der Waals surface area contributed by atoms with Gasteiger partial charge in [0.05, 0.1) is 16.7 Å². The highest BCUT2D eigenvalue weighted by atomic mass is 32.1. The van der Waals surface area contributed by atoms with Crippen LogP contribution in [0.1, 0.15) is 44.5 Å². The Morgan fingerprint density at radius 2 is 2.08 bits per heavy atom. The van der Waals surface area contributed by atoms with Gasteiger partial charge in [0.15, 0.2) is 5.83 Å². The quantitative estimate of drug-likeness (QED) is 0.357. The van der Waals surface area contributed by atoms with Gasteiger partial charge in [-0.25, -0.2) is 14.4 Å². The third-order valence-corrected chi connectivity index (χ3v) is 7.57. The highest BCUT2D eigenvalue weighted by molar-refractivity contribution is 7.22. The molecule has 0 saturated carbocycles. The standard InChI is InChI=1S/C27H30FN5O2S/c1-15-10-17-12-20(36-23(17)19(11-15)35-5)21-22-24(29)30-7-9-33(22)25(31-21)16-6-8-32(14-16)26(34)18(28)13-27(2,3)4/h7,9-13,16H,6,8,14H2,1-5H3,(H2,29,30). The second-order valence-electron chi connectivity index (χ2n) is 10.4. The number of anilines is 1. The predicted octanol–water partition coefficient (Wildman–Crippen LogP) is 5.73. The van der Waals surface area contributed by atoms with E-state index in [-0.39, 0.29) is 5.92 Å². The number of hydrogen-bond acceptors (Lipinski definition) is 6. The van der Waals surface area contributed by atoms with E-state index in [1.165, 1.54) is 6.08 Å². The van der Waals surface area contributed by atoms with Crippen LogP contribution < -0.4 is 10.5 Å². The number of nitrogens with two attached hydrogens (primary N) is 1. The van der Waals surface area contributed by atoms with E-state index in [1.807, 2.05) is 44.4 Å². The van der Waals surface area contributed by atoms with Crippen molar-refractivity contribution in [3.05, 3.63) is 53.9 Å². The maximum absolute atomic E-state index is 14.6. The SMILES string of the molecule is COc1cc(C)cc2cc(-c3nc(C4CCN(C(=O)C(F)=CC(C)(C)C)C4)n4ccnc(N)c34)sc12. The average molecular weight is 508 g/mol. The number of carbonyl (C=O) groups is 1. The highest BCUT2D eigenvalue weighted by Gasteiger charge is 2.33. The molecular weight excluding hydrogens is 477 g/mol. The number of aromatic nitrogens is 3. The van der Waals surface area contributed by atoms with Crippen molar-refractivity contribution >= 4 is 38.7 Å². The number of halogens is 1. The fraction of sp³-hybridized carbons (Fsp3) is 0.370. The largest absolute Gasteiger partial charge is 0.495 e. The summed E-state index contributed by atoms with van der Waals surface area (Å²) in [6.45, 7) is 8.51. The van der Waals surface area contributed by atoms with Crippen molar-refractivity contribution in [2.45, 2.75) is 40.0 Å². The minimum atomic E-state index is -0.709. The molecule has 0 spiro atoms. The monoisotopic (exact) mass is 507 g/mol. The van der Waals surface area contributed by atoms with Crippen LogP contribution >= 0.6 is 11.3 Å². The summed E-state index contributed by atoms with van der Waals surface area (Å²) in [6, 6.07) is 6.25. The number of carbonyl (C=O) groups excluding carboxylic acids is 1. The number of likely N-dealkylation sites (tertiary alicyclic amines) is 1. The van der Waals surface area contributed by atoms with Crippen LogP contribution in [0.2, 0.25) is 0 Å². The summed E-state index contributed by atoms with van der Waals surface area (Å²) in [4.78, 5) is 24.6. The second kappa shape index (κ2) is 8.89. The molecule has 2 N–H and O–H groups in total. The van der Waals surface area contributed by atoms with Gasteiger partial charge in [0, 0.05) is 31.4 Å². The lowest BCUT2D eigenvalue weighted by Gasteiger charge is -2.17. The van der Waals surface area contributed by atoms with Gasteiger partial charge in [0.1, 0.15) is 28.6 Å².